The van der Waals surface area contributed by atoms with Crippen LogP contribution in [-0.4, -0.2) is 39.7 Å². The highest BCUT2D eigenvalue weighted by molar-refractivity contribution is 7.99. The second-order valence-corrected chi connectivity index (χ2v) is 6.53. The van der Waals surface area contributed by atoms with Gasteiger partial charge in [0, 0.05) is 23.5 Å². The van der Waals surface area contributed by atoms with Crippen molar-refractivity contribution >= 4 is 17.7 Å². The van der Waals surface area contributed by atoms with E-state index in [-0.39, 0.29) is 23.8 Å². The van der Waals surface area contributed by atoms with Crippen LogP contribution in [0.1, 0.15) is 49.1 Å². The molecular formula is C15H24N2O2S. The maximum atomic E-state index is 12.4. The van der Waals surface area contributed by atoms with Gasteiger partial charge in [0.15, 0.2) is 0 Å². The van der Waals surface area contributed by atoms with Crippen LogP contribution in [0.15, 0.2) is 18.3 Å². The fourth-order valence-corrected chi connectivity index (χ4v) is 3.52. The van der Waals surface area contributed by atoms with E-state index in [0.717, 1.165) is 18.5 Å². The van der Waals surface area contributed by atoms with Gasteiger partial charge in [-0.3, -0.25) is 4.79 Å². The average molecular weight is 296 g/mol. The minimum Gasteiger partial charge on any atom is -0.395 e. The third-order valence-corrected chi connectivity index (χ3v) is 5.29. The molecule has 1 fully saturated rings. The first-order chi connectivity index (χ1) is 9.67. The zero-order chi connectivity index (χ0) is 14.5. The number of aliphatic hydroxyl groups excluding tert-OH is 1. The fourth-order valence-electron chi connectivity index (χ4n) is 2.90. The fraction of sp³-hybridized carbons (Fsp3) is 0.667. The molecule has 2 rings (SSSR count). The number of aliphatic hydroxyl groups is 1. The summed E-state index contributed by atoms with van der Waals surface area (Å²) in [6.45, 7) is 2.02. The largest absolute Gasteiger partial charge is 0.395 e. The number of thioether (sulfide) groups is 1. The summed E-state index contributed by atoms with van der Waals surface area (Å²) in [6, 6.07) is 4.24. The van der Waals surface area contributed by atoms with Crippen molar-refractivity contribution in [1.29, 1.82) is 0 Å². The summed E-state index contributed by atoms with van der Waals surface area (Å²) in [5, 5.41) is 12.3. The summed E-state index contributed by atoms with van der Waals surface area (Å²) in [4.78, 5) is 12.4. The molecule has 2 atom stereocenters. The molecule has 112 valence electrons. The first-order valence-electron chi connectivity index (χ1n) is 7.28. The highest BCUT2D eigenvalue weighted by atomic mass is 32.2. The Hall–Kier alpha value is -0.940. The van der Waals surface area contributed by atoms with Crippen molar-refractivity contribution in [1.82, 2.24) is 9.88 Å². The maximum absolute atomic E-state index is 12.4. The van der Waals surface area contributed by atoms with Crippen LogP contribution in [-0.2, 0) is 0 Å². The molecule has 20 heavy (non-hydrogen) atoms. The Morgan fingerprint density at radius 2 is 2.25 bits per heavy atom. The molecule has 2 N–H and O–H groups in total. The van der Waals surface area contributed by atoms with Crippen molar-refractivity contribution in [3.63, 3.8) is 0 Å². The van der Waals surface area contributed by atoms with Crippen LogP contribution >= 0.6 is 11.8 Å². The molecule has 5 heteroatoms. The van der Waals surface area contributed by atoms with Gasteiger partial charge in [-0.25, -0.2) is 0 Å². The van der Waals surface area contributed by atoms with Crippen LogP contribution in [0.2, 0.25) is 0 Å². The molecule has 1 aliphatic carbocycles. The molecule has 0 bridgehead atoms. The van der Waals surface area contributed by atoms with E-state index in [1.165, 1.54) is 12.8 Å². The van der Waals surface area contributed by atoms with Gasteiger partial charge in [-0.1, -0.05) is 12.8 Å². The minimum absolute atomic E-state index is 0.0360. The van der Waals surface area contributed by atoms with Crippen LogP contribution < -0.4 is 5.32 Å². The number of aromatic nitrogens is 1. The predicted octanol–water partition coefficient (Wildman–Crippen LogP) is 2.45. The molecule has 1 amide bonds. The summed E-state index contributed by atoms with van der Waals surface area (Å²) in [5.41, 5.74) is 0.738. The van der Waals surface area contributed by atoms with Gasteiger partial charge in [0.1, 0.15) is 5.69 Å². The summed E-state index contributed by atoms with van der Waals surface area (Å²) < 4.78 is 2.11. The normalized spacial score (nSPS) is 18.9. The Morgan fingerprint density at radius 1 is 1.55 bits per heavy atom. The summed E-state index contributed by atoms with van der Waals surface area (Å²) >= 11 is 1.58. The van der Waals surface area contributed by atoms with E-state index in [4.69, 9.17) is 0 Å². The molecular weight excluding hydrogens is 272 g/mol. The van der Waals surface area contributed by atoms with Crippen molar-refractivity contribution in [2.75, 3.05) is 12.9 Å². The quantitative estimate of drug-likeness (QED) is 0.848. The predicted molar refractivity (Wildman–Crippen MR) is 83.3 cm³/mol. The van der Waals surface area contributed by atoms with Gasteiger partial charge < -0.3 is 15.0 Å². The number of nitrogens with zero attached hydrogens (tertiary/aromatic N) is 1. The number of carbonyl (C=O) groups is 1. The van der Waals surface area contributed by atoms with Gasteiger partial charge in [-0.05, 0) is 38.2 Å². The summed E-state index contributed by atoms with van der Waals surface area (Å²) in [5.74, 6) is -0.0399. The molecule has 1 aromatic heterocycles. The van der Waals surface area contributed by atoms with Gasteiger partial charge >= 0.3 is 0 Å². The molecule has 4 nitrogen and oxygen atoms in total. The molecule has 0 aromatic carbocycles. The molecule has 0 aliphatic heterocycles. The van der Waals surface area contributed by atoms with E-state index in [0.29, 0.717) is 6.04 Å². The number of carbonyl (C=O) groups excluding carboxylic acids is 1. The van der Waals surface area contributed by atoms with Gasteiger partial charge in [0.25, 0.3) is 5.91 Å². The number of nitrogens with one attached hydrogen (secondary N) is 1. The molecule has 1 heterocycles. The molecule has 0 saturated heterocycles. The molecule has 1 saturated carbocycles. The molecule has 0 spiro atoms. The van der Waals surface area contributed by atoms with Crippen LogP contribution in [0.3, 0.4) is 0 Å². The smallest absolute Gasteiger partial charge is 0.268 e. The van der Waals surface area contributed by atoms with Crippen LogP contribution in [0.25, 0.3) is 0 Å². The molecule has 1 aliphatic rings. The van der Waals surface area contributed by atoms with Crippen molar-refractivity contribution in [2.45, 2.75) is 49.9 Å². The first kappa shape index (κ1) is 15.4. The summed E-state index contributed by atoms with van der Waals surface area (Å²) in [7, 11) is 0. The second-order valence-electron chi connectivity index (χ2n) is 5.46. The van der Waals surface area contributed by atoms with Crippen LogP contribution in [0, 0.1) is 0 Å². The van der Waals surface area contributed by atoms with Crippen molar-refractivity contribution < 1.29 is 9.90 Å². The van der Waals surface area contributed by atoms with E-state index in [2.05, 4.69) is 9.88 Å². The van der Waals surface area contributed by atoms with E-state index in [1.807, 2.05) is 31.5 Å². The van der Waals surface area contributed by atoms with Gasteiger partial charge in [-0.15, -0.1) is 0 Å². The third kappa shape index (κ3) is 3.38. The SMILES string of the molecule is CSC(CO)C(C)NC(=O)c1cccn1C1CCCC1. The average Bonchev–Trinajstić information content (AvgIpc) is 3.10. The van der Waals surface area contributed by atoms with E-state index in [9.17, 15) is 9.90 Å². The number of rotatable bonds is 6. The third-order valence-electron chi connectivity index (χ3n) is 4.13. The Kier molecular flexibility index (Phi) is 5.54. The van der Waals surface area contributed by atoms with Crippen molar-refractivity contribution in [2.24, 2.45) is 0 Å². The Bertz CT molecular complexity index is 437. The lowest BCUT2D eigenvalue weighted by atomic mass is 10.2. The van der Waals surface area contributed by atoms with Crippen molar-refractivity contribution in [3.05, 3.63) is 24.0 Å². The van der Waals surface area contributed by atoms with E-state index < -0.39 is 0 Å². The van der Waals surface area contributed by atoms with Gasteiger partial charge in [0.2, 0.25) is 0 Å². The Labute approximate surface area is 124 Å². The lowest BCUT2D eigenvalue weighted by Crippen LogP contribution is -2.42. The maximum Gasteiger partial charge on any atom is 0.268 e. The van der Waals surface area contributed by atoms with Crippen LogP contribution in [0.5, 0.6) is 0 Å². The second kappa shape index (κ2) is 7.18. The highest BCUT2D eigenvalue weighted by Gasteiger charge is 2.23. The lowest BCUT2D eigenvalue weighted by Gasteiger charge is -2.22. The molecule has 1 aromatic rings. The lowest BCUT2D eigenvalue weighted by molar-refractivity contribution is 0.0924. The van der Waals surface area contributed by atoms with Gasteiger partial charge in [-0.2, -0.15) is 11.8 Å². The summed E-state index contributed by atoms with van der Waals surface area (Å²) in [6.07, 6.45) is 8.78. The molecule has 0 radical (unpaired) electrons. The van der Waals surface area contributed by atoms with Crippen LogP contribution in [0.4, 0.5) is 0 Å². The number of hydrogen-bond acceptors (Lipinski definition) is 3. The van der Waals surface area contributed by atoms with E-state index in [1.54, 1.807) is 11.8 Å². The monoisotopic (exact) mass is 296 g/mol. The standard InChI is InChI=1S/C15H24N2O2S/c1-11(14(10-18)20-2)16-15(19)13-8-5-9-17(13)12-6-3-4-7-12/h5,8-9,11-12,14,18H,3-4,6-7,10H2,1-2H3,(H,16,19). The zero-order valence-electron chi connectivity index (χ0n) is 12.2. The van der Waals surface area contributed by atoms with Crippen molar-refractivity contribution in [3.8, 4) is 0 Å². The zero-order valence-corrected chi connectivity index (χ0v) is 13.0. The molecule has 2 unspecified atom stereocenters. The topological polar surface area (TPSA) is 54.3 Å². The minimum atomic E-state index is -0.0468. The number of amides is 1. The Balaban J connectivity index is 2.04. The van der Waals surface area contributed by atoms with E-state index >= 15 is 0 Å². The number of hydrogen-bond donors (Lipinski definition) is 2. The Morgan fingerprint density at radius 3 is 2.85 bits per heavy atom. The first-order valence-corrected chi connectivity index (χ1v) is 8.57. The van der Waals surface area contributed by atoms with Gasteiger partial charge in [0.05, 0.1) is 6.61 Å². The highest BCUT2D eigenvalue weighted by Crippen LogP contribution is 2.30.